The van der Waals surface area contributed by atoms with Gasteiger partial charge in [-0.1, -0.05) is 27.7 Å². The third-order valence-electron chi connectivity index (χ3n) is 2.85. The van der Waals surface area contributed by atoms with Crippen LogP contribution in [0.2, 0.25) is 0 Å². The summed E-state index contributed by atoms with van der Waals surface area (Å²) >= 11 is 0. The van der Waals surface area contributed by atoms with Crippen molar-refractivity contribution in [1.29, 1.82) is 0 Å². The number of nitrogens with zero attached hydrogens (tertiary/aromatic N) is 3. The monoisotopic (exact) mass is 247 g/mol. The Bertz CT molecular complexity index is 600. The van der Waals surface area contributed by atoms with Crippen molar-refractivity contribution in [2.75, 3.05) is 0 Å². The summed E-state index contributed by atoms with van der Waals surface area (Å²) in [5.74, 6) is 0.0917. The Hall–Kier alpha value is -1.91. The normalized spacial score (nSPS) is 11.7. The summed E-state index contributed by atoms with van der Waals surface area (Å²) in [5, 5.41) is 13.6. The first kappa shape index (κ1) is 12.5. The molecule has 0 aromatic carbocycles. The van der Waals surface area contributed by atoms with E-state index in [2.05, 4.69) is 23.9 Å². The van der Waals surface area contributed by atoms with E-state index in [-0.39, 0.29) is 11.6 Å². The van der Waals surface area contributed by atoms with Gasteiger partial charge in [0.2, 0.25) is 0 Å². The molecule has 5 heteroatoms. The van der Waals surface area contributed by atoms with Crippen LogP contribution in [0.4, 0.5) is 0 Å². The Morgan fingerprint density at radius 1 is 1.22 bits per heavy atom. The molecular weight excluding hydrogens is 230 g/mol. The number of hydrogen-bond donors (Lipinski definition) is 1. The van der Waals surface area contributed by atoms with Crippen molar-refractivity contribution in [3.63, 3.8) is 0 Å². The summed E-state index contributed by atoms with van der Waals surface area (Å²) in [6.07, 6.45) is 0. The highest BCUT2D eigenvalue weighted by Gasteiger charge is 2.19. The van der Waals surface area contributed by atoms with Gasteiger partial charge >= 0.3 is 5.97 Å². The van der Waals surface area contributed by atoms with Crippen LogP contribution < -0.4 is 0 Å². The van der Waals surface area contributed by atoms with Crippen molar-refractivity contribution in [2.45, 2.75) is 39.5 Å². The summed E-state index contributed by atoms with van der Waals surface area (Å²) in [5.41, 5.74) is 1.55. The van der Waals surface area contributed by atoms with Crippen LogP contribution in [0.5, 0.6) is 0 Å². The molecule has 2 rings (SSSR count). The summed E-state index contributed by atoms with van der Waals surface area (Å²) < 4.78 is 1.66. The molecule has 2 aromatic heterocycles. The average molecular weight is 247 g/mol. The summed E-state index contributed by atoms with van der Waals surface area (Å²) in [6, 6.07) is 3.64. The van der Waals surface area contributed by atoms with E-state index in [1.165, 1.54) is 0 Å². The lowest BCUT2D eigenvalue weighted by Gasteiger charge is -2.07. The van der Waals surface area contributed by atoms with Crippen LogP contribution in [0.3, 0.4) is 0 Å². The van der Waals surface area contributed by atoms with E-state index in [1.54, 1.807) is 10.6 Å². The lowest BCUT2D eigenvalue weighted by Crippen LogP contribution is -2.04. The highest BCUT2D eigenvalue weighted by Crippen LogP contribution is 2.20. The van der Waals surface area contributed by atoms with Gasteiger partial charge in [-0.2, -0.15) is 5.10 Å². The second kappa shape index (κ2) is 4.40. The molecule has 1 N–H and O–H groups in total. The minimum absolute atomic E-state index is 0.0708. The van der Waals surface area contributed by atoms with Crippen LogP contribution in [-0.4, -0.2) is 25.7 Å². The smallest absolute Gasteiger partial charge is 0.356 e. The molecule has 0 aliphatic heterocycles. The molecule has 0 saturated heterocycles. The van der Waals surface area contributed by atoms with Crippen LogP contribution in [-0.2, 0) is 0 Å². The largest absolute Gasteiger partial charge is 0.476 e. The van der Waals surface area contributed by atoms with Crippen molar-refractivity contribution in [3.05, 3.63) is 29.3 Å². The van der Waals surface area contributed by atoms with E-state index in [1.807, 2.05) is 19.9 Å². The molecule has 5 nitrogen and oxygen atoms in total. The lowest BCUT2D eigenvalue weighted by atomic mass is 10.1. The van der Waals surface area contributed by atoms with Gasteiger partial charge in [-0.3, -0.25) is 0 Å². The zero-order valence-electron chi connectivity index (χ0n) is 11.0. The van der Waals surface area contributed by atoms with E-state index in [9.17, 15) is 4.79 Å². The Morgan fingerprint density at radius 3 is 2.39 bits per heavy atom. The molecule has 0 radical (unpaired) electrons. The van der Waals surface area contributed by atoms with E-state index in [0.29, 0.717) is 17.3 Å². The Morgan fingerprint density at radius 2 is 1.89 bits per heavy atom. The Kier molecular flexibility index (Phi) is 3.07. The van der Waals surface area contributed by atoms with Gasteiger partial charge in [0.15, 0.2) is 5.69 Å². The van der Waals surface area contributed by atoms with Crippen molar-refractivity contribution in [3.8, 4) is 0 Å². The SMILES string of the molecule is CC(C)c1ccc2c(C(=O)O)nc(C(C)C)n2n1. The van der Waals surface area contributed by atoms with Gasteiger partial charge in [-0.15, -0.1) is 0 Å². The molecule has 0 aliphatic rings. The van der Waals surface area contributed by atoms with Crippen LogP contribution in [0.1, 0.15) is 61.5 Å². The van der Waals surface area contributed by atoms with E-state index < -0.39 is 5.97 Å². The van der Waals surface area contributed by atoms with Crippen LogP contribution >= 0.6 is 0 Å². The van der Waals surface area contributed by atoms with E-state index in [4.69, 9.17) is 5.11 Å². The molecule has 0 bridgehead atoms. The second-order valence-electron chi connectivity index (χ2n) is 4.99. The standard InChI is InChI=1S/C13H17N3O2/c1-7(2)9-5-6-10-11(13(17)18)14-12(8(3)4)16(10)15-9/h5-8H,1-4H3,(H,17,18). The minimum atomic E-state index is -1.02. The van der Waals surface area contributed by atoms with Gasteiger partial charge in [0, 0.05) is 5.92 Å². The molecule has 96 valence electrons. The predicted octanol–water partition coefficient (Wildman–Crippen LogP) is 2.67. The lowest BCUT2D eigenvalue weighted by molar-refractivity contribution is 0.0693. The topological polar surface area (TPSA) is 67.5 Å². The van der Waals surface area contributed by atoms with E-state index >= 15 is 0 Å². The molecule has 0 spiro atoms. The highest BCUT2D eigenvalue weighted by atomic mass is 16.4. The first-order chi connectivity index (χ1) is 8.41. The van der Waals surface area contributed by atoms with Gasteiger partial charge in [0.1, 0.15) is 5.82 Å². The van der Waals surface area contributed by atoms with Crippen LogP contribution in [0, 0.1) is 0 Å². The molecule has 0 fully saturated rings. The first-order valence-electron chi connectivity index (χ1n) is 6.04. The van der Waals surface area contributed by atoms with Crippen molar-refractivity contribution in [1.82, 2.24) is 14.6 Å². The Labute approximate surface area is 105 Å². The second-order valence-corrected chi connectivity index (χ2v) is 4.99. The molecule has 2 heterocycles. The number of carboxylic acids is 1. The third-order valence-corrected chi connectivity index (χ3v) is 2.85. The van der Waals surface area contributed by atoms with Crippen LogP contribution in [0.15, 0.2) is 12.1 Å². The van der Waals surface area contributed by atoms with Crippen molar-refractivity contribution < 1.29 is 9.90 Å². The van der Waals surface area contributed by atoms with Gasteiger partial charge in [0.25, 0.3) is 0 Å². The maximum Gasteiger partial charge on any atom is 0.356 e. The molecule has 0 amide bonds. The molecule has 0 unspecified atom stereocenters. The number of carboxylic acid groups (broad SMARTS) is 1. The van der Waals surface area contributed by atoms with Gasteiger partial charge in [-0.05, 0) is 18.1 Å². The number of aromatic nitrogens is 3. The maximum atomic E-state index is 11.2. The number of imidazole rings is 1. The number of aromatic carboxylic acids is 1. The predicted molar refractivity (Wildman–Crippen MR) is 68.1 cm³/mol. The quantitative estimate of drug-likeness (QED) is 0.905. The number of hydrogen-bond acceptors (Lipinski definition) is 3. The summed E-state index contributed by atoms with van der Waals surface area (Å²) in [6.45, 7) is 8.06. The summed E-state index contributed by atoms with van der Waals surface area (Å²) in [4.78, 5) is 15.4. The fraction of sp³-hybridized carbons (Fsp3) is 0.462. The highest BCUT2D eigenvalue weighted by molar-refractivity contribution is 5.93. The van der Waals surface area contributed by atoms with Gasteiger partial charge in [0.05, 0.1) is 11.2 Å². The zero-order valence-corrected chi connectivity index (χ0v) is 11.0. The van der Waals surface area contributed by atoms with Crippen LogP contribution in [0.25, 0.3) is 5.52 Å². The fourth-order valence-electron chi connectivity index (χ4n) is 1.85. The van der Waals surface area contributed by atoms with Crippen molar-refractivity contribution >= 4 is 11.5 Å². The molecule has 18 heavy (non-hydrogen) atoms. The van der Waals surface area contributed by atoms with Crippen molar-refractivity contribution in [2.24, 2.45) is 0 Å². The molecular formula is C13H17N3O2. The van der Waals surface area contributed by atoms with Gasteiger partial charge < -0.3 is 5.11 Å². The minimum Gasteiger partial charge on any atom is -0.476 e. The number of rotatable bonds is 3. The molecule has 0 aliphatic carbocycles. The average Bonchev–Trinajstić information content (AvgIpc) is 2.67. The molecule has 0 atom stereocenters. The number of carbonyl (C=O) groups is 1. The molecule has 2 aromatic rings. The third kappa shape index (κ3) is 1.96. The van der Waals surface area contributed by atoms with E-state index in [0.717, 1.165) is 5.69 Å². The molecule has 0 saturated carbocycles. The summed E-state index contributed by atoms with van der Waals surface area (Å²) in [7, 11) is 0. The van der Waals surface area contributed by atoms with Gasteiger partial charge in [-0.25, -0.2) is 14.3 Å². The fourth-order valence-corrected chi connectivity index (χ4v) is 1.85. The first-order valence-corrected chi connectivity index (χ1v) is 6.04. The maximum absolute atomic E-state index is 11.2. The zero-order chi connectivity index (χ0) is 13.4. The number of fused-ring (bicyclic) bond motifs is 1. The Balaban J connectivity index is 2.75.